The summed E-state index contributed by atoms with van der Waals surface area (Å²) in [5, 5.41) is 3.78. The summed E-state index contributed by atoms with van der Waals surface area (Å²) in [5.74, 6) is 0.878. The molecular formula is C18H36N2O. The SMILES string of the molecule is CCCNC1CCC(C)(C)CC1N(C)CCOCC1CC1. The monoisotopic (exact) mass is 296 g/mol. The summed E-state index contributed by atoms with van der Waals surface area (Å²) < 4.78 is 5.83. The van der Waals surface area contributed by atoms with Gasteiger partial charge in [-0.25, -0.2) is 0 Å². The first-order valence-corrected chi connectivity index (χ1v) is 9.03. The summed E-state index contributed by atoms with van der Waals surface area (Å²) >= 11 is 0. The summed E-state index contributed by atoms with van der Waals surface area (Å²) in [6, 6.07) is 1.32. The Morgan fingerprint density at radius 1 is 1.24 bits per heavy atom. The number of rotatable bonds is 9. The first kappa shape index (κ1) is 17.2. The van der Waals surface area contributed by atoms with Gasteiger partial charge >= 0.3 is 0 Å². The zero-order valence-corrected chi connectivity index (χ0v) is 14.7. The summed E-state index contributed by atoms with van der Waals surface area (Å²) in [7, 11) is 2.28. The Bertz CT molecular complexity index is 302. The van der Waals surface area contributed by atoms with E-state index in [1.165, 1.54) is 38.5 Å². The first-order valence-electron chi connectivity index (χ1n) is 9.03. The van der Waals surface area contributed by atoms with Crippen LogP contribution in [0.2, 0.25) is 0 Å². The lowest BCUT2D eigenvalue weighted by Crippen LogP contribution is -2.54. The molecule has 1 N–H and O–H groups in total. The summed E-state index contributed by atoms with van der Waals surface area (Å²) in [6.45, 7) is 11.2. The molecule has 0 aliphatic heterocycles. The number of hydrogen-bond acceptors (Lipinski definition) is 3. The number of nitrogens with one attached hydrogen (secondary N) is 1. The Labute approximate surface area is 131 Å². The predicted molar refractivity (Wildman–Crippen MR) is 89.7 cm³/mol. The molecule has 2 rings (SSSR count). The lowest BCUT2D eigenvalue weighted by Gasteiger charge is -2.45. The Morgan fingerprint density at radius 2 is 2.00 bits per heavy atom. The molecular weight excluding hydrogens is 260 g/mol. The molecule has 2 saturated carbocycles. The summed E-state index contributed by atoms with van der Waals surface area (Å²) in [4.78, 5) is 2.54. The Hall–Kier alpha value is -0.120. The van der Waals surface area contributed by atoms with Crippen molar-refractivity contribution in [3.63, 3.8) is 0 Å². The van der Waals surface area contributed by atoms with Crippen LogP contribution in [0.4, 0.5) is 0 Å². The second-order valence-corrected chi connectivity index (χ2v) is 8.03. The van der Waals surface area contributed by atoms with Gasteiger partial charge in [0.25, 0.3) is 0 Å². The highest BCUT2D eigenvalue weighted by molar-refractivity contribution is 4.93. The first-order chi connectivity index (χ1) is 10.0. The van der Waals surface area contributed by atoms with Crippen molar-refractivity contribution in [3.05, 3.63) is 0 Å². The van der Waals surface area contributed by atoms with Gasteiger partial charge in [-0.2, -0.15) is 0 Å². The van der Waals surface area contributed by atoms with Gasteiger partial charge in [-0.15, -0.1) is 0 Å². The minimum Gasteiger partial charge on any atom is -0.380 e. The van der Waals surface area contributed by atoms with Crippen molar-refractivity contribution in [1.29, 1.82) is 0 Å². The highest BCUT2D eigenvalue weighted by Gasteiger charge is 2.36. The third-order valence-corrected chi connectivity index (χ3v) is 5.22. The maximum Gasteiger partial charge on any atom is 0.0593 e. The predicted octanol–water partition coefficient (Wildman–Crippen LogP) is 3.29. The molecule has 2 aliphatic carbocycles. The second-order valence-electron chi connectivity index (χ2n) is 8.03. The van der Waals surface area contributed by atoms with Crippen molar-refractivity contribution in [2.24, 2.45) is 11.3 Å². The van der Waals surface area contributed by atoms with E-state index < -0.39 is 0 Å². The highest BCUT2D eigenvalue weighted by Crippen LogP contribution is 2.37. The normalized spacial score (nSPS) is 29.0. The molecule has 21 heavy (non-hydrogen) atoms. The van der Waals surface area contributed by atoms with Crippen LogP contribution < -0.4 is 5.32 Å². The van der Waals surface area contributed by atoms with E-state index in [-0.39, 0.29) is 0 Å². The molecule has 124 valence electrons. The number of ether oxygens (including phenoxy) is 1. The minimum absolute atomic E-state index is 0.484. The van der Waals surface area contributed by atoms with E-state index in [0.717, 1.165) is 32.2 Å². The second kappa shape index (κ2) is 7.94. The van der Waals surface area contributed by atoms with E-state index in [9.17, 15) is 0 Å². The van der Waals surface area contributed by atoms with E-state index in [4.69, 9.17) is 4.74 Å². The Balaban J connectivity index is 1.77. The standard InChI is InChI=1S/C18H36N2O/c1-5-10-19-16-8-9-18(2,3)13-17(16)20(4)11-12-21-14-15-6-7-15/h15-17,19H,5-14H2,1-4H3. The molecule has 0 aromatic carbocycles. The molecule has 2 fully saturated rings. The van der Waals surface area contributed by atoms with Crippen LogP contribution in [-0.2, 0) is 4.74 Å². The molecule has 0 spiro atoms. The molecule has 0 radical (unpaired) electrons. The van der Waals surface area contributed by atoms with Crippen LogP contribution in [0.1, 0.15) is 59.3 Å². The maximum atomic E-state index is 5.83. The molecule has 2 aliphatic rings. The van der Waals surface area contributed by atoms with Crippen LogP contribution in [0.15, 0.2) is 0 Å². The zero-order chi connectivity index (χ0) is 15.3. The fraction of sp³-hybridized carbons (Fsp3) is 1.00. The largest absolute Gasteiger partial charge is 0.380 e. The van der Waals surface area contributed by atoms with Crippen molar-refractivity contribution in [1.82, 2.24) is 10.2 Å². The van der Waals surface area contributed by atoms with Gasteiger partial charge in [0.05, 0.1) is 6.61 Å². The molecule has 0 amide bonds. The molecule has 3 nitrogen and oxygen atoms in total. The van der Waals surface area contributed by atoms with Crippen LogP contribution in [0, 0.1) is 11.3 Å². The molecule has 2 unspecified atom stereocenters. The molecule has 3 heteroatoms. The summed E-state index contributed by atoms with van der Waals surface area (Å²) in [5.41, 5.74) is 0.484. The molecule has 0 heterocycles. The molecule has 0 saturated heterocycles. The topological polar surface area (TPSA) is 24.5 Å². The van der Waals surface area contributed by atoms with Gasteiger partial charge in [0.1, 0.15) is 0 Å². The summed E-state index contributed by atoms with van der Waals surface area (Å²) in [6.07, 6.45) is 7.95. The van der Waals surface area contributed by atoms with Gasteiger partial charge in [0.2, 0.25) is 0 Å². The molecule has 2 atom stereocenters. The van der Waals surface area contributed by atoms with Crippen molar-refractivity contribution in [3.8, 4) is 0 Å². The van der Waals surface area contributed by atoms with Gasteiger partial charge in [0, 0.05) is 25.2 Å². The van der Waals surface area contributed by atoms with E-state index in [1.807, 2.05) is 0 Å². The third-order valence-electron chi connectivity index (χ3n) is 5.22. The molecule has 0 aromatic heterocycles. The smallest absolute Gasteiger partial charge is 0.0593 e. The molecule has 0 bridgehead atoms. The maximum absolute atomic E-state index is 5.83. The van der Waals surface area contributed by atoms with Crippen LogP contribution in [-0.4, -0.2) is 50.3 Å². The average molecular weight is 296 g/mol. The number of hydrogen-bond donors (Lipinski definition) is 1. The van der Waals surface area contributed by atoms with Gasteiger partial charge in [-0.3, -0.25) is 4.90 Å². The van der Waals surface area contributed by atoms with E-state index >= 15 is 0 Å². The quantitative estimate of drug-likeness (QED) is 0.661. The lowest BCUT2D eigenvalue weighted by molar-refractivity contribution is 0.0484. The van der Waals surface area contributed by atoms with Gasteiger partial charge in [-0.05, 0) is 63.5 Å². The van der Waals surface area contributed by atoms with E-state index in [0.29, 0.717) is 17.5 Å². The lowest BCUT2D eigenvalue weighted by atomic mass is 9.72. The van der Waals surface area contributed by atoms with Crippen LogP contribution in [0.3, 0.4) is 0 Å². The Morgan fingerprint density at radius 3 is 2.67 bits per heavy atom. The fourth-order valence-corrected chi connectivity index (χ4v) is 3.49. The van der Waals surface area contributed by atoms with Crippen molar-refractivity contribution >= 4 is 0 Å². The van der Waals surface area contributed by atoms with Gasteiger partial charge in [-0.1, -0.05) is 20.8 Å². The fourth-order valence-electron chi connectivity index (χ4n) is 3.49. The van der Waals surface area contributed by atoms with Crippen molar-refractivity contribution in [2.75, 3.05) is 33.4 Å². The van der Waals surface area contributed by atoms with Crippen molar-refractivity contribution in [2.45, 2.75) is 71.4 Å². The Kier molecular flexibility index (Phi) is 6.51. The van der Waals surface area contributed by atoms with Crippen LogP contribution in [0.5, 0.6) is 0 Å². The van der Waals surface area contributed by atoms with Crippen LogP contribution >= 0.6 is 0 Å². The van der Waals surface area contributed by atoms with Gasteiger partial charge < -0.3 is 10.1 Å². The van der Waals surface area contributed by atoms with Gasteiger partial charge in [0.15, 0.2) is 0 Å². The van der Waals surface area contributed by atoms with E-state index in [1.54, 1.807) is 0 Å². The number of likely N-dealkylation sites (N-methyl/N-ethyl adjacent to an activating group) is 1. The average Bonchev–Trinajstić information content (AvgIpc) is 3.25. The highest BCUT2D eigenvalue weighted by atomic mass is 16.5. The van der Waals surface area contributed by atoms with E-state index in [2.05, 4.69) is 38.0 Å². The minimum atomic E-state index is 0.484. The van der Waals surface area contributed by atoms with Crippen LogP contribution in [0.25, 0.3) is 0 Å². The third kappa shape index (κ3) is 5.88. The van der Waals surface area contributed by atoms with Crippen molar-refractivity contribution < 1.29 is 4.74 Å². The molecule has 0 aromatic rings. The number of nitrogens with zero attached hydrogens (tertiary/aromatic N) is 1. The zero-order valence-electron chi connectivity index (χ0n) is 14.7.